The summed E-state index contributed by atoms with van der Waals surface area (Å²) in [6, 6.07) is 41.6. The third kappa shape index (κ3) is 4.36. The molecule has 0 bridgehead atoms. The fourth-order valence-electron chi connectivity index (χ4n) is 6.26. The Balaban J connectivity index is 1.54. The predicted molar refractivity (Wildman–Crippen MR) is 187 cm³/mol. The number of rotatable bonds is 6. The topological polar surface area (TPSA) is 48.5 Å². The SMILES string of the molecule is C=C(/C=C\C=C/C)n1c2ccccc2c2ccc3c4ccccc4n(-c4nc(-c5ccccc5)nc(-c5ccccc5)n4)c3c21. The molecule has 0 unspecified atom stereocenters. The van der Waals surface area contributed by atoms with Gasteiger partial charge < -0.3 is 4.57 Å². The first-order valence-electron chi connectivity index (χ1n) is 15.0. The lowest BCUT2D eigenvalue weighted by atomic mass is 10.1. The van der Waals surface area contributed by atoms with Gasteiger partial charge in [-0.05, 0) is 25.1 Å². The lowest BCUT2D eigenvalue weighted by Gasteiger charge is -2.13. The highest BCUT2D eigenvalue weighted by atomic mass is 15.2. The van der Waals surface area contributed by atoms with Gasteiger partial charge in [0, 0.05) is 38.4 Å². The van der Waals surface area contributed by atoms with Crippen LogP contribution in [-0.2, 0) is 0 Å². The number of allylic oxidation sites excluding steroid dienone is 5. The molecule has 0 amide bonds. The minimum Gasteiger partial charge on any atom is -0.308 e. The third-order valence-corrected chi connectivity index (χ3v) is 8.24. The van der Waals surface area contributed by atoms with E-state index in [0.717, 1.165) is 60.4 Å². The second kappa shape index (κ2) is 10.9. The maximum atomic E-state index is 5.15. The van der Waals surface area contributed by atoms with E-state index in [-0.39, 0.29) is 0 Å². The molecule has 0 spiro atoms. The monoisotopic (exact) mass is 579 g/mol. The van der Waals surface area contributed by atoms with Gasteiger partial charge >= 0.3 is 0 Å². The summed E-state index contributed by atoms with van der Waals surface area (Å²) >= 11 is 0. The molecule has 0 radical (unpaired) electrons. The zero-order chi connectivity index (χ0) is 30.3. The van der Waals surface area contributed by atoms with Crippen LogP contribution in [0.4, 0.5) is 0 Å². The highest BCUT2D eigenvalue weighted by molar-refractivity contribution is 6.24. The van der Waals surface area contributed by atoms with Gasteiger partial charge in [0.2, 0.25) is 5.95 Å². The third-order valence-electron chi connectivity index (χ3n) is 8.24. The first kappa shape index (κ1) is 26.5. The smallest absolute Gasteiger partial charge is 0.238 e. The summed E-state index contributed by atoms with van der Waals surface area (Å²) in [6.45, 7) is 6.54. The van der Waals surface area contributed by atoms with Crippen molar-refractivity contribution in [2.75, 3.05) is 0 Å². The van der Waals surface area contributed by atoms with Gasteiger partial charge in [0.25, 0.3) is 0 Å². The van der Waals surface area contributed by atoms with Crippen LogP contribution in [0.5, 0.6) is 0 Å². The molecule has 3 heterocycles. The van der Waals surface area contributed by atoms with E-state index in [1.165, 1.54) is 0 Å². The van der Waals surface area contributed by atoms with Gasteiger partial charge in [0.1, 0.15) is 0 Å². The Kier molecular flexibility index (Phi) is 6.42. The molecular weight excluding hydrogens is 550 g/mol. The molecule has 0 saturated heterocycles. The molecule has 8 rings (SSSR count). The predicted octanol–water partition coefficient (Wildman–Crippen LogP) is 10.0. The molecule has 0 aliphatic rings. The maximum absolute atomic E-state index is 5.15. The molecule has 3 aromatic heterocycles. The second-order valence-corrected chi connectivity index (χ2v) is 11.0. The molecule has 5 aromatic carbocycles. The lowest BCUT2D eigenvalue weighted by molar-refractivity contribution is 0.954. The number of hydrogen-bond acceptors (Lipinski definition) is 3. The number of para-hydroxylation sites is 2. The Morgan fingerprint density at radius 2 is 1.09 bits per heavy atom. The molecule has 214 valence electrons. The van der Waals surface area contributed by atoms with E-state index in [4.69, 9.17) is 15.0 Å². The lowest BCUT2D eigenvalue weighted by Crippen LogP contribution is -2.07. The maximum Gasteiger partial charge on any atom is 0.238 e. The summed E-state index contributed by atoms with van der Waals surface area (Å²) in [5.41, 5.74) is 6.93. The number of nitrogens with zero attached hydrogens (tertiary/aromatic N) is 5. The van der Waals surface area contributed by atoms with Crippen LogP contribution in [0.3, 0.4) is 0 Å². The van der Waals surface area contributed by atoms with Crippen LogP contribution in [0.1, 0.15) is 6.92 Å². The number of hydrogen-bond donors (Lipinski definition) is 0. The van der Waals surface area contributed by atoms with Crippen LogP contribution >= 0.6 is 0 Å². The highest BCUT2D eigenvalue weighted by Crippen LogP contribution is 2.41. The number of fused-ring (bicyclic) bond motifs is 7. The molecule has 5 heteroatoms. The fraction of sp³-hybridized carbons (Fsp3) is 0.0250. The molecular formula is C40H29N5. The van der Waals surface area contributed by atoms with E-state index in [1.807, 2.05) is 85.8 Å². The van der Waals surface area contributed by atoms with Gasteiger partial charge in [-0.3, -0.25) is 4.57 Å². The average Bonchev–Trinajstić information content (AvgIpc) is 3.62. The number of benzene rings is 5. The van der Waals surface area contributed by atoms with E-state index in [0.29, 0.717) is 17.6 Å². The van der Waals surface area contributed by atoms with Crippen LogP contribution in [-0.4, -0.2) is 24.1 Å². The van der Waals surface area contributed by atoms with E-state index < -0.39 is 0 Å². The van der Waals surface area contributed by atoms with Gasteiger partial charge in [-0.2, -0.15) is 9.97 Å². The van der Waals surface area contributed by atoms with Crippen molar-refractivity contribution in [2.24, 2.45) is 0 Å². The molecule has 0 aliphatic carbocycles. The Bertz CT molecular complexity index is 2390. The van der Waals surface area contributed by atoms with Crippen molar-refractivity contribution in [3.8, 4) is 28.7 Å². The van der Waals surface area contributed by atoms with Crippen molar-refractivity contribution in [2.45, 2.75) is 6.92 Å². The first-order valence-corrected chi connectivity index (χ1v) is 15.0. The molecule has 45 heavy (non-hydrogen) atoms. The molecule has 0 N–H and O–H groups in total. The Morgan fingerprint density at radius 1 is 0.556 bits per heavy atom. The van der Waals surface area contributed by atoms with Gasteiger partial charge in [0.15, 0.2) is 11.6 Å². The molecule has 0 saturated carbocycles. The largest absolute Gasteiger partial charge is 0.308 e. The summed E-state index contributed by atoms with van der Waals surface area (Å²) in [6.07, 6.45) is 8.12. The number of aromatic nitrogens is 5. The summed E-state index contributed by atoms with van der Waals surface area (Å²) in [4.78, 5) is 15.3. The van der Waals surface area contributed by atoms with E-state index in [2.05, 4.69) is 82.5 Å². The summed E-state index contributed by atoms with van der Waals surface area (Å²) < 4.78 is 4.46. The Morgan fingerprint density at radius 3 is 1.71 bits per heavy atom. The van der Waals surface area contributed by atoms with Crippen LogP contribution in [0.2, 0.25) is 0 Å². The van der Waals surface area contributed by atoms with Gasteiger partial charge in [0.05, 0.1) is 22.1 Å². The van der Waals surface area contributed by atoms with Crippen molar-refractivity contribution in [3.05, 3.63) is 152 Å². The molecule has 0 aliphatic heterocycles. The standard InChI is InChI=1S/C40H29N5/c1-3-4-7-16-27(2)44-34-23-14-12-21-30(34)32-25-26-33-31-22-13-15-24-35(31)45(37(33)36(32)44)40-42-38(28-17-8-5-9-18-28)41-39(43-40)29-19-10-6-11-20-29/h3-26H,2H2,1H3/b4-3-,16-7-. The van der Waals surface area contributed by atoms with Crippen LogP contribution in [0.15, 0.2) is 152 Å². The van der Waals surface area contributed by atoms with Crippen LogP contribution in [0.25, 0.3) is 78.0 Å². The summed E-state index contributed by atoms with van der Waals surface area (Å²) in [5.74, 6) is 1.81. The summed E-state index contributed by atoms with van der Waals surface area (Å²) in [7, 11) is 0. The van der Waals surface area contributed by atoms with E-state index in [1.54, 1.807) is 0 Å². The zero-order valence-electron chi connectivity index (χ0n) is 24.8. The van der Waals surface area contributed by atoms with Crippen molar-refractivity contribution in [1.82, 2.24) is 24.1 Å². The minimum absolute atomic E-state index is 0.563. The molecule has 8 aromatic rings. The van der Waals surface area contributed by atoms with Crippen LogP contribution < -0.4 is 0 Å². The van der Waals surface area contributed by atoms with E-state index in [9.17, 15) is 0 Å². The van der Waals surface area contributed by atoms with Crippen LogP contribution in [0, 0.1) is 0 Å². The Labute approximate surface area is 260 Å². The van der Waals surface area contributed by atoms with Gasteiger partial charge in [-0.25, -0.2) is 4.98 Å². The van der Waals surface area contributed by atoms with Gasteiger partial charge in [-0.1, -0.05) is 134 Å². The van der Waals surface area contributed by atoms with Crippen molar-refractivity contribution < 1.29 is 0 Å². The Hall–Kier alpha value is -6.07. The molecule has 5 nitrogen and oxygen atoms in total. The normalized spacial score (nSPS) is 12.0. The minimum atomic E-state index is 0.563. The molecule has 0 atom stereocenters. The van der Waals surface area contributed by atoms with Crippen molar-refractivity contribution in [1.29, 1.82) is 0 Å². The summed E-state index contributed by atoms with van der Waals surface area (Å²) in [5, 5.41) is 4.56. The highest BCUT2D eigenvalue weighted by Gasteiger charge is 2.23. The molecule has 0 fully saturated rings. The fourth-order valence-corrected chi connectivity index (χ4v) is 6.26. The van der Waals surface area contributed by atoms with Gasteiger partial charge in [-0.15, -0.1) is 0 Å². The average molecular weight is 580 g/mol. The second-order valence-electron chi connectivity index (χ2n) is 11.0. The zero-order valence-corrected chi connectivity index (χ0v) is 24.8. The van der Waals surface area contributed by atoms with Crippen molar-refractivity contribution >= 4 is 49.3 Å². The first-order chi connectivity index (χ1) is 22.2. The van der Waals surface area contributed by atoms with Crippen molar-refractivity contribution in [3.63, 3.8) is 0 Å². The van der Waals surface area contributed by atoms with E-state index >= 15 is 0 Å². The quantitative estimate of drug-likeness (QED) is 0.184.